The molecule has 104 valence electrons. The molecule has 1 saturated carbocycles. The lowest BCUT2D eigenvalue weighted by atomic mass is 9.92. The molecule has 2 fully saturated rings. The molecular weight excluding hydrogens is 253 g/mol. The van der Waals surface area contributed by atoms with Gasteiger partial charge in [0.2, 0.25) is 0 Å². The van der Waals surface area contributed by atoms with E-state index in [1.165, 1.54) is 12.8 Å². The Balaban J connectivity index is 1.87. The number of piperazine rings is 1. The minimum atomic E-state index is -1.14. The van der Waals surface area contributed by atoms with Crippen LogP contribution in [0.1, 0.15) is 19.8 Å². The van der Waals surface area contributed by atoms with Crippen LogP contribution in [0, 0.1) is 23.4 Å². The maximum atomic E-state index is 13.8. The minimum absolute atomic E-state index is 0.0600. The van der Waals surface area contributed by atoms with Gasteiger partial charge in [0.1, 0.15) is 5.82 Å². The van der Waals surface area contributed by atoms with Gasteiger partial charge >= 0.3 is 0 Å². The van der Waals surface area contributed by atoms with Crippen molar-refractivity contribution in [3.05, 3.63) is 29.6 Å². The van der Waals surface area contributed by atoms with Crippen molar-refractivity contribution >= 4 is 5.69 Å². The quantitative estimate of drug-likeness (QED) is 0.831. The molecule has 2 nitrogen and oxygen atoms in total. The first kappa shape index (κ1) is 12.8. The monoisotopic (exact) mass is 270 g/mol. The molecular formula is C14H17F3N2. The number of halogens is 3. The Morgan fingerprint density at radius 2 is 1.84 bits per heavy atom. The van der Waals surface area contributed by atoms with Crippen LogP contribution in [0.25, 0.3) is 0 Å². The van der Waals surface area contributed by atoms with Gasteiger partial charge in [-0.3, -0.25) is 0 Å². The third-order valence-electron chi connectivity index (χ3n) is 4.24. The molecule has 1 heterocycles. The molecule has 0 amide bonds. The molecule has 1 unspecified atom stereocenters. The zero-order valence-electron chi connectivity index (χ0n) is 10.8. The topological polar surface area (TPSA) is 15.3 Å². The fraction of sp³-hybridized carbons (Fsp3) is 0.571. The largest absolute Gasteiger partial charge is 0.366 e. The normalized spacial score (nSPS) is 27.7. The van der Waals surface area contributed by atoms with Crippen molar-refractivity contribution < 1.29 is 13.2 Å². The summed E-state index contributed by atoms with van der Waals surface area (Å²) in [6.07, 6.45) is 2.36. The van der Waals surface area contributed by atoms with E-state index in [1.807, 2.05) is 4.90 Å². The molecule has 1 saturated heterocycles. The summed E-state index contributed by atoms with van der Waals surface area (Å²) in [4.78, 5) is 1.81. The summed E-state index contributed by atoms with van der Waals surface area (Å²) in [6, 6.07) is 1.59. The number of hydrogen-bond acceptors (Lipinski definition) is 2. The Labute approximate surface area is 110 Å². The van der Waals surface area contributed by atoms with Crippen molar-refractivity contribution in [3.8, 4) is 0 Å². The van der Waals surface area contributed by atoms with Crippen LogP contribution in [-0.4, -0.2) is 25.2 Å². The second-order valence-electron chi connectivity index (χ2n) is 5.76. The zero-order valence-corrected chi connectivity index (χ0v) is 10.8. The molecule has 2 aliphatic rings. The fourth-order valence-corrected chi connectivity index (χ4v) is 2.96. The van der Waals surface area contributed by atoms with Crippen molar-refractivity contribution in [2.24, 2.45) is 5.92 Å². The third-order valence-corrected chi connectivity index (χ3v) is 4.24. The van der Waals surface area contributed by atoms with Crippen LogP contribution in [0.4, 0.5) is 18.9 Å². The number of nitrogens with one attached hydrogen (secondary N) is 1. The van der Waals surface area contributed by atoms with Gasteiger partial charge in [-0.1, -0.05) is 0 Å². The van der Waals surface area contributed by atoms with Crippen molar-refractivity contribution in [2.75, 3.05) is 24.5 Å². The highest BCUT2D eigenvalue weighted by atomic mass is 19.2. The third kappa shape index (κ3) is 2.31. The van der Waals surface area contributed by atoms with Crippen molar-refractivity contribution in [1.82, 2.24) is 5.32 Å². The number of hydrogen-bond donors (Lipinski definition) is 1. The molecule has 0 radical (unpaired) electrons. The molecule has 3 rings (SSSR count). The lowest BCUT2D eigenvalue weighted by Gasteiger charge is -2.43. The number of rotatable bonds is 2. The maximum absolute atomic E-state index is 13.8. The van der Waals surface area contributed by atoms with Crippen molar-refractivity contribution in [2.45, 2.75) is 25.3 Å². The van der Waals surface area contributed by atoms with Gasteiger partial charge < -0.3 is 10.2 Å². The predicted octanol–water partition coefficient (Wildman–Crippen LogP) is 2.68. The average Bonchev–Trinajstić information content (AvgIpc) is 3.18. The summed E-state index contributed by atoms with van der Waals surface area (Å²) in [5, 5.41) is 3.47. The number of benzene rings is 1. The lowest BCUT2D eigenvalue weighted by Crippen LogP contribution is -2.60. The van der Waals surface area contributed by atoms with Crippen LogP contribution in [-0.2, 0) is 0 Å². The first-order valence-corrected chi connectivity index (χ1v) is 6.64. The molecule has 19 heavy (non-hydrogen) atoms. The molecule has 0 spiro atoms. The van der Waals surface area contributed by atoms with E-state index in [1.54, 1.807) is 0 Å². The van der Waals surface area contributed by atoms with Gasteiger partial charge in [0.25, 0.3) is 0 Å². The first-order chi connectivity index (χ1) is 8.99. The van der Waals surface area contributed by atoms with E-state index in [4.69, 9.17) is 0 Å². The summed E-state index contributed by atoms with van der Waals surface area (Å²) >= 11 is 0. The summed E-state index contributed by atoms with van der Waals surface area (Å²) < 4.78 is 40.1. The van der Waals surface area contributed by atoms with Gasteiger partial charge in [-0.25, -0.2) is 13.2 Å². The van der Waals surface area contributed by atoms with E-state index in [9.17, 15) is 13.2 Å². The molecule has 1 aromatic carbocycles. The smallest absolute Gasteiger partial charge is 0.161 e. The minimum Gasteiger partial charge on any atom is -0.366 e. The van der Waals surface area contributed by atoms with E-state index < -0.39 is 17.5 Å². The van der Waals surface area contributed by atoms with Gasteiger partial charge in [0.05, 0.1) is 5.69 Å². The first-order valence-electron chi connectivity index (χ1n) is 6.64. The fourth-order valence-electron chi connectivity index (χ4n) is 2.96. The molecule has 0 aromatic heterocycles. The predicted molar refractivity (Wildman–Crippen MR) is 67.7 cm³/mol. The molecule has 1 aromatic rings. The highest BCUT2D eigenvalue weighted by molar-refractivity contribution is 5.49. The Hall–Kier alpha value is -1.23. The SMILES string of the molecule is CC1(C2CC2)CN(c2cc(F)c(F)cc2F)CCN1. The van der Waals surface area contributed by atoms with Crippen LogP contribution < -0.4 is 10.2 Å². The zero-order chi connectivity index (χ0) is 13.6. The molecule has 0 bridgehead atoms. The molecule has 5 heteroatoms. The number of nitrogens with zero attached hydrogens (tertiary/aromatic N) is 1. The van der Waals surface area contributed by atoms with E-state index >= 15 is 0 Å². The Morgan fingerprint density at radius 1 is 1.16 bits per heavy atom. The van der Waals surface area contributed by atoms with E-state index in [0.29, 0.717) is 25.1 Å². The highest BCUT2D eigenvalue weighted by Crippen LogP contribution is 2.41. The maximum Gasteiger partial charge on any atom is 0.161 e. The molecule has 1 aliphatic heterocycles. The van der Waals surface area contributed by atoms with Crippen LogP contribution in [0.15, 0.2) is 12.1 Å². The summed E-state index contributed by atoms with van der Waals surface area (Å²) in [7, 11) is 0. The Morgan fingerprint density at radius 3 is 2.53 bits per heavy atom. The van der Waals surface area contributed by atoms with Crippen molar-refractivity contribution in [1.29, 1.82) is 0 Å². The van der Waals surface area contributed by atoms with Gasteiger partial charge in [-0.15, -0.1) is 0 Å². The van der Waals surface area contributed by atoms with Crippen LogP contribution in [0.5, 0.6) is 0 Å². The van der Waals surface area contributed by atoms with Crippen LogP contribution >= 0.6 is 0 Å². The van der Waals surface area contributed by atoms with Gasteiger partial charge in [-0.05, 0) is 25.7 Å². The van der Waals surface area contributed by atoms with Gasteiger partial charge in [-0.2, -0.15) is 0 Å². The van der Waals surface area contributed by atoms with Crippen molar-refractivity contribution in [3.63, 3.8) is 0 Å². The molecule has 1 atom stereocenters. The second kappa shape index (κ2) is 4.40. The standard InChI is InChI=1S/C14H17F3N2/c1-14(9-2-3-9)8-19(5-4-18-14)13-7-11(16)10(15)6-12(13)17/h6-7,9,18H,2-5,8H2,1H3. The van der Waals surface area contributed by atoms with Gasteiger partial charge in [0.15, 0.2) is 11.6 Å². The summed E-state index contributed by atoms with van der Waals surface area (Å²) in [5.41, 5.74) is 0.0995. The van der Waals surface area contributed by atoms with Gasteiger partial charge in [0, 0.05) is 37.3 Å². The van der Waals surface area contributed by atoms with E-state index in [0.717, 1.165) is 12.6 Å². The van der Waals surface area contributed by atoms with E-state index in [2.05, 4.69) is 12.2 Å². The van der Waals surface area contributed by atoms with Crippen LogP contribution in [0.2, 0.25) is 0 Å². The Kier molecular flexibility index (Phi) is 2.96. The van der Waals surface area contributed by atoms with Crippen LogP contribution in [0.3, 0.4) is 0 Å². The summed E-state index contributed by atoms with van der Waals surface area (Å²) in [6.45, 7) is 4.07. The Bertz CT molecular complexity index is 502. The lowest BCUT2D eigenvalue weighted by molar-refractivity contribution is 0.284. The summed E-state index contributed by atoms with van der Waals surface area (Å²) in [5.74, 6) is -2.23. The molecule has 1 N–H and O–H groups in total. The average molecular weight is 270 g/mol. The highest BCUT2D eigenvalue weighted by Gasteiger charge is 2.44. The molecule has 1 aliphatic carbocycles. The van der Waals surface area contributed by atoms with E-state index in [-0.39, 0.29) is 11.2 Å². The number of anilines is 1. The second-order valence-corrected chi connectivity index (χ2v) is 5.76.